The van der Waals surface area contributed by atoms with Crippen molar-refractivity contribution < 1.29 is 0 Å². The van der Waals surface area contributed by atoms with Gasteiger partial charge in [-0.1, -0.05) is 57.2 Å². The van der Waals surface area contributed by atoms with E-state index in [1.807, 2.05) is 6.07 Å². The van der Waals surface area contributed by atoms with Crippen LogP contribution >= 0.6 is 0 Å². The fourth-order valence-corrected chi connectivity index (χ4v) is 1.52. The molecule has 0 heterocycles. The largest absolute Gasteiger partial charge is 0.388 e. The maximum absolute atomic E-state index is 4.09. The Morgan fingerprint density at radius 2 is 2.00 bits per heavy atom. The standard InChI is InChI=1S/C14H21N/c1-4-5-11-15-13(3)12(2)14-9-7-6-8-10-14/h6-10,12,15H,3-5,11H2,1-2H3/t12-/m0/s1. The predicted molar refractivity (Wildman–Crippen MR) is 66.9 cm³/mol. The minimum Gasteiger partial charge on any atom is -0.388 e. The summed E-state index contributed by atoms with van der Waals surface area (Å²) in [7, 11) is 0. The number of benzene rings is 1. The Bertz CT molecular complexity index is 289. The van der Waals surface area contributed by atoms with Crippen molar-refractivity contribution in [3.05, 3.63) is 48.2 Å². The lowest BCUT2D eigenvalue weighted by atomic mass is 9.98. The van der Waals surface area contributed by atoms with Crippen molar-refractivity contribution in [2.24, 2.45) is 0 Å². The summed E-state index contributed by atoms with van der Waals surface area (Å²) in [5, 5.41) is 3.39. The van der Waals surface area contributed by atoms with E-state index in [1.54, 1.807) is 0 Å². The Morgan fingerprint density at radius 3 is 2.60 bits per heavy atom. The molecule has 0 aliphatic carbocycles. The Hall–Kier alpha value is -1.24. The summed E-state index contributed by atoms with van der Waals surface area (Å²) < 4.78 is 0. The molecule has 0 aliphatic rings. The molecule has 1 atom stereocenters. The summed E-state index contributed by atoms with van der Waals surface area (Å²) in [4.78, 5) is 0. The molecule has 0 amide bonds. The second-order valence-electron chi connectivity index (χ2n) is 3.94. The first-order chi connectivity index (χ1) is 7.25. The topological polar surface area (TPSA) is 12.0 Å². The lowest BCUT2D eigenvalue weighted by Crippen LogP contribution is -2.17. The van der Waals surface area contributed by atoms with Crippen molar-refractivity contribution in [2.75, 3.05) is 6.54 Å². The molecule has 0 aromatic heterocycles. The number of hydrogen-bond acceptors (Lipinski definition) is 1. The summed E-state index contributed by atoms with van der Waals surface area (Å²) in [6, 6.07) is 10.5. The van der Waals surface area contributed by atoms with Gasteiger partial charge in [-0.25, -0.2) is 0 Å². The van der Waals surface area contributed by atoms with Gasteiger partial charge in [0.05, 0.1) is 0 Å². The Morgan fingerprint density at radius 1 is 1.33 bits per heavy atom. The first kappa shape index (κ1) is 11.8. The normalized spacial score (nSPS) is 12.1. The van der Waals surface area contributed by atoms with Crippen molar-refractivity contribution in [3.63, 3.8) is 0 Å². The van der Waals surface area contributed by atoms with Crippen LogP contribution in [0.4, 0.5) is 0 Å². The summed E-state index contributed by atoms with van der Waals surface area (Å²) in [5.41, 5.74) is 2.45. The van der Waals surface area contributed by atoms with Crippen LogP contribution in [0.5, 0.6) is 0 Å². The van der Waals surface area contributed by atoms with Crippen LogP contribution in [0.25, 0.3) is 0 Å². The van der Waals surface area contributed by atoms with Crippen molar-refractivity contribution >= 4 is 0 Å². The lowest BCUT2D eigenvalue weighted by molar-refractivity contribution is 0.669. The van der Waals surface area contributed by atoms with Gasteiger partial charge in [0.2, 0.25) is 0 Å². The third-order valence-electron chi connectivity index (χ3n) is 2.70. The highest BCUT2D eigenvalue weighted by atomic mass is 14.9. The highest BCUT2D eigenvalue weighted by Crippen LogP contribution is 2.20. The van der Waals surface area contributed by atoms with Gasteiger partial charge in [0, 0.05) is 18.2 Å². The summed E-state index contributed by atoms with van der Waals surface area (Å²) in [5.74, 6) is 0.392. The van der Waals surface area contributed by atoms with Crippen molar-refractivity contribution in [1.29, 1.82) is 0 Å². The predicted octanol–water partition coefficient (Wildman–Crippen LogP) is 3.69. The molecule has 0 aliphatic heterocycles. The van der Waals surface area contributed by atoms with Crippen LogP contribution in [-0.4, -0.2) is 6.54 Å². The Labute approximate surface area is 93.2 Å². The van der Waals surface area contributed by atoms with Crippen molar-refractivity contribution in [2.45, 2.75) is 32.6 Å². The number of hydrogen-bond donors (Lipinski definition) is 1. The van der Waals surface area contributed by atoms with Gasteiger partial charge in [-0.2, -0.15) is 0 Å². The SMILES string of the molecule is C=C(NCCCC)[C@H](C)c1ccccc1. The van der Waals surface area contributed by atoms with Crippen LogP contribution in [0.15, 0.2) is 42.6 Å². The number of rotatable bonds is 6. The first-order valence-electron chi connectivity index (χ1n) is 5.73. The van der Waals surface area contributed by atoms with Crippen LogP contribution in [0.1, 0.15) is 38.2 Å². The van der Waals surface area contributed by atoms with Gasteiger partial charge in [-0.3, -0.25) is 0 Å². The van der Waals surface area contributed by atoms with Gasteiger partial charge in [0.15, 0.2) is 0 Å². The minimum absolute atomic E-state index is 0.392. The molecule has 0 spiro atoms. The maximum Gasteiger partial charge on any atom is 0.0203 e. The van der Waals surface area contributed by atoms with Gasteiger partial charge in [0.25, 0.3) is 0 Å². The molecule has 0 unspecified atom stereocenters. The van der Waals surface area contributed by atoms with Gasteiger partial charge >= 0.3 is 0 Å². The van der Waals surface area contributed by atoms with Crippen LogP contribution in [0.2, 0.25) is 0 Å². The maximum atomic E-state index is 4.09. The van der Waals surface area contributed by atoms with E-state index >= 15 is 0 Å². The zero-order valence-electron chi connectivity index (χ0n) is 9.79. The Balaban J connectivity index is 2.46. The van der Waals surface area contributed by atoms with E-state index in [2.05, 4.69) is 50.0 Å². The lowest BCUT2D eigenvalue weighted by Gasteiger charge is -2.17. The Kier molecular flexibility index (Phi) is 4.96. The van der Waals surface area contributed by atoms with Crippen LogP contribution in [-0.2, 0) is 0 Å². The molecule has 1 aromatic rings. The van der Waals surface area contributed by atoms with Gasteiger partial charge in [0.1, 0.15) is 0 Å². The van der Waals surface area contributed by atoms with Gasteiger partial charge in [-0.15, -0.1) is 0 Å². The van der Waals surface area contributed by atoms with Crippen molar-refractivity contribution in [3.8, 4) is 0 Å². The van der Waals surface area contributed by atoms with Gasteiger partial charge < -0.3 is 5.32 Å². The molecule has 0 bridgehead atoms. The smallest absolute Gasteiger partial charge is 0.0203 e. The third-order valence-corrected chi connectivity index (χ3v) is 2.70. The summed E-state index contributed by atoms with van der Waals surface area (Å²) in [6.45, 7) is 9.52. The quantitative estimate of drug-likeness (QED) is 0.695. The monoisotopic (exact) mass is 203 g/mol. The average Bonchev–Trinajstić information content (AvgIpc) is 2.29. The van der Waals surface area contributed by atoms with E-state index in [0.29, 0.717) is 5.92 Å². The molecule has 1 heteroatoms. The number of unbranched alkanes of at least 4 members (excludes halogenated alkanes) is 1. The summed E-state index contributed by atoms with van der Waals surface area (Å²) in [6.07, 6.45) is 2.43. The zero-order chi connectivity index (χ0) is 11.1. The molecular formula is C14H21N. The molecule has 1 rings (SSSR count). The molecule has 1 nitrogen and oxygen atoms in total. The highest BCUT2D eigenvalue weighted by Gasteiger charge is 2.07. The molecule has 0 saturated heterocycles. The van der Waals surface area contributed by atoms with Crippen LogP contribution in [0, 0.1) is 0 Å². The molecule has 15 heavy (non-hydrogen) atoms. The van der Waals surface area contributed by atoms with Gasteiger partial charge in [-0.05, 0) is 12.0 Å². The second-order valence-corrected chi connectivity index (χ2v) is 3.94. The molecule has 0 radical (unpaired) electrons. The first-order valence-corrected chi connectivity index (χ1v) is 5.73. The van der Waals surface area contributed by atoms with E-state index in [0.717, 1.165) is 12.2 Å². The highest BCUT2D eigenvalue weighted by molar-refractivity contribution is 5.25. The summed E-state index contributed by atoms with van der Waals surface area (Å²) >= 11 is 0. The van der Waals surface area contributed by atoms with E-state index in [9.17, 15) is 0 Å². The number of nitrogens with one attached hydrogen (secondary N) is 1. The van der Waals surface area contributed by atoms with E-state index in [1.165, 1.54) is 18.4 Å². The second kappa shape index (κ2) is 6.28. The van der Waals surface area contributed by atoms with E-state index in [-0.39, 0.29) is 0 Å². The molecule has 82 valence electrons. The van der Waals surface area contributed by atoms with Crippen LogP contribution in [0.3, 0.4) is 0 Å². The molecule has 0 fully saturated rings. The molecule has 1 N–H and O–H groups in total. The fourth-order valence-electron chi connectivity index (χ4n) is 1.52. The molecule has 1 aromatic carbocycles. The molecular weight excluding hydrogens is 182 g/mol. The van der Waals surface area contributed by atoms with Crippen LogP contribution < -0.4 is 5.32 Å². The number of allylic oxidation sites excluding steroid dienone is 1. The van der Waals surface area contributed by atoms with Crippen molar-refractivity contribution in [1.82, 2.24) is 5.32 Å². The zero-order valence-corrected chi connectivity index (χ0v) is 9.79. The minimum atomic E-state index is 0.392. The van der Waals surface area contributed by atoms with E-state index in [4.69, 9.17) is 0 Å². The fraction of sp³-hybridized carbons (Fsp3) is 0.429. The third kappa shape index (κ3) is 3.78. The average molecular weight is 203 g/mol. The molecule has 0 saturated carbocycles. The van der Waals surface area contributed by atoms with E-state index < -0.39 is 0 Å².